The normalized spacial score (nSPS) is 18.3. The number of halogens is 3. The zero-order chi connectivity index (χ0) is 13.1. The monoisotopic (exact) mass is 322 g/mol. The number of likely N-dealkylation sites (tertiary alicyclic amines) is 1. The Morgan fingerprint density at radius 2 is 2.16 bits per heavy atom. The zero-order valence-corrected chi connectivity index (χ0v) is 13.0. The van der Waals surface area contributed by atoms with E-state index < -0.39 is 0 Å². The fourth-order valence-electron chi connectivity index (χ4n) is 2.28. The number of rotatable bonds is 3. The van der Waals surface area contributed by atoms with Crippen LogP contribution in [-0.4, -0.2) is 37.5 Å². The molecule has 0 bridgehead atoms. The van der Waals surface area contributed by atoms with E-state index >= 15 is 0 Å². The second-order valence-electron chi connectivity index (χ2n) is 4.59. The van der Waals surface area contributed by atoms with Gasteiger partial charge in [-0.2, -0.15) is 0 Å². The summed E-state index contributed by atoms with van der Waals surface area (Å²) in [6, 6.07) is 5.03. The van der Waals surface area contributed by atoms with Crippen molar-refractivity contribution in [3.05, 3.63) is 33.8 Å². The van der Waals surface area contributed by atoms with E-state index in [-0.39, 0.29) is 18.3 Å². The lowest BCUT2D eigenvalue weighted by Gasteiger charge is -2.17. The van der Waals surface area contributed by atoms with Crippen LogP contribution in [0.5, 0.6) is 0 Å². The van der Waals surface area contributed by atoms with Crippen molar-refractivity contribution in [1.82, 2.24) is 10.2 Å². The molecule has 0 saturated carbocycles. The molecule has 1 aromatic carbocycles. The van der Waals surface area contributed by atoms with Crippen molar-refractivity contribution < 1.29 is 4.79 Å². The standard InChI is InChI=1S/C13H16Cl2N2O.ClH/c1-16-7-9-4-5-17(8-9)13(18)10-2-3-11(14)12(15)6-10;/h2-3,6,9,16H,4-5,7-8H2,1H3;1H. The maximum atomic E-state index is 12.3. The van der Waals surface area contributed by atoms with E-state index in [0.29, 0.717) is 21.5 Å². The minimum absolute atomic E-state index is 0. The molecule has 1 unspecified atom stereocenters. The fourth-order valence-corrected chi connectivity index (χ4v) is 2.58. The van der Waals surface area contributed by atoms with Gasteiger partial charge in [0.25, 0.3) is 5.91 Å². The molecule has 106 valence electrons. The Kier molecular flexibility index (Phi) is 6.40. The summed E-state index contributed by atoms with van der Waals surface area (Å²) in [6.45, 7) is 2.57. The van der Waals surface area contributed by atoms with Gasteiger partial charge in [0.2, 0.25) is 0 Å². The van der Waals surface area contributed by atoms with Gasteiger partial charge in [-0.15, -0.1) is 12.4 Å². The summed E-state index contributed by atoms with van der Waals surface area (Å²) in [5, 5.41) is 4.05. The molecule has 1 saturated heterocycles. The minimum atomic E-state index is 0. The summed E-state index contributed by atoms with van der Waals surface area (Å²) in [5.74, 6) is 0.578. The Morgan fingerprint density at radius 1 is 1.42 bits per heavy atom. The average molecular weight is 324 g/mol. The van der Waals surface area contributed by atoms with Crippen molar-refractivity contribution >= 4 is 41.5 Å². The van der Waals surface area contributed by atoms with E-state index in [4.69, 9.17) is 23.2 Å². The molecule has 1 aliphatic heterocycles. The van der Waals surface area contributed by atoms with Gasteiger partial charge in [-0.05, 0) is 44.1 Å². The number of carbonyl (C=O) groups is 1. The number of amides is 1. The minimum Gasteiger partial charge on any atom is -0.338 e. The molecule has 19 heavy (non-hydrogen) atoms. The van der Waals surface area contributed by atoms with Crippen molar-refractivity contribution in [3.8, 4) is 0 Å². The van der Waals surface area contributed by atoms with Crippen molar-refractivity contribution in [2.24, 2.45) is 5.92 Å². The third-order valence-corrected chi connectivity index (χ3v) is 3.97. The highest BCUT2D eigenvalue weighted by Crippen LogP contribution is 2.24. The zero-order valence-electron chi connectivity index (χ0n) is 10.7. The van der Waals surface area contributed by atoms with Crippen molar-refractivity contribution in [1.29, 1.82) is 0 Å². The summed E-state index contributed by atoms with van der Waals surface area (Å²) in [5.41, 5.74) is 0.606. The van der Waals surface area contributed by atoms with E-state index in [9.17, 15) is 4.79 Å². The molecule has 1 aromatic rings. The van der Waals surface area contributed by atoms with Crippen LogP contribution >= 0.6 is 35.6 Å². The highest BCUT2D eigenvalue weighted by atomic mass is 35.5. The number of nitrogens with one attached hydrogen (secondary N) is 1. The van der Waals surface area contributed by atoms with Crippen LogP contribution in [0, 0.1) is 5.92 Å². The summed E-state index contributed by atoms with van der Waals surface area (Å²) in [7, 11) is 1.93. The summed E-state index contributed by atoms with van der Waals surface area (Å²) >= 11 is 11.8. The van der Waals surface area contributed by atoms with Gasteiger partial charge in [-0.25, -0.2) is 0 Å². The third kappa shape index (κ3) is 3.99. The molecule has 1 fully saturated rings. The van der Waals surface area contributed by atoms with E-state index in [1.807, 2.05) is 11.9 Å². The van der Waals surface area contributed by atoms with Gasteiger partial charge in [0.15, 0.2) is 0 Å². The maximum Gasteiger partial charge on any atom is 0.253 e. The topological polar surface area (TPSA) is 32.3 Å². The lowest BCUT2D eigenvalue weighted by Crippen LogP contribution is -2.30. The van der Waals surface area contributed by atoms with Crippen LogP contribution in [-0.2, 0) is 0 Å². The number of benzene rings is 1. The van der Waals surface area contributed by atoms with Crippen LogP contribution in [0.25, 0.3) is 0 Å². The summed E-state index contributed by atoms with van der Waals surface area (Å²) < 4.78 is 0. The van der Waals surface area contributed by atoms with E-state index in [2.05, 4.69) is 5.32 Å². The second kappa shape index (κ2) is 7.34. The van der Waals surface area contributed by atoms with E-state index in [0.717, 1.165) is 26.1 Å². The predicted molar refractivity (Wildman–Crippen MR) is 81.6 cm³/mol. The van der Waals surface area contributed by atoms with Crippen molar-refractivity contribution in [2.45, 2.75) is 6.42 Å². The van der Waals surface area contributed by atoms with Gasteiger partial charge in [0, 0.05) is 18.7 Å². The van der Waals surface area contributed by atoms with Gasteiger partial charge >= 0.3 is 0 Å². The van der Waals surface area contributed by atoms with Crippen LogP contribution in [0.1, 0.15) is 16.8 Å². The Bertz CT molecular complexity index is 454. The Hall–Kier alpha value is -0.480. The predicted octanol–water partition coefficient (Wildman–Crippen LogP) is 3.10. The Morgan fingerprint density at radius 3 is 2.79 bits per heavy atom. The van der Waals surface area contributed by atoms with Crippen LogP contribution in [0.3, 0.4) is 0 Å². The molecule has 2 rings (SSSR count). The van der Waals surface area contributed by atoms with Crippen molar-refractivity contribution in [2.75, 3.05) is 26.7 Å². The molecular formula is C13H17Cl3N2O. The highest BCUT2D eigenvalue weighted by Gasteiger charge is 2.26. The fraction of sp³-hybridized carbons (Fsp3) is 0.462. The van der Waals surface area contributed by atoms with Gasteiger partial charge in [0.1, 0.15) is 0 Å². The molecule has 0 aromatic heterocycles. The first-order valence-electron chi connectivity index (χ1n) is 6.00. The maximum absolute atomic E-state index is 12.3. The molecule has 0 spiro atoms. The van der Waals surface area contributed by atoms with E-state index in [1.165, 1.54) is 0 Å². The van der Waals surface area contributed by atoms with Gasteiger partial charge in [-0.1, -0.05) is 23.2 Å². The Balaban J connectivity index is 0.00000180. The highest BCUT2D eigenvalue weighted by molar-refractivity contribution is 6.42. The molecule has 0 radical (unpaired) electrons. The van der Waals surface area contributed by atoms with Crippen LogP contribution in [0.4, 0.5) is 0 Å². The number of hydrogen-bond acceptors (Lipinski definition) is 2. The molecule has 1 atom stereocenters. The molecule has 1 aliphatic rings. The molecule has 1 N–H and O–H groups in total. The molecule has 3 nitrogen and oxygen atoms in total. The molecule has 1 heterocycles. The number of nitrogens with zero attached hydrogens (tertiary/aromatic N) is 1. The van der Waals surface area contributed by atoms with Crippen LogP contribution in [0.15, 0.2) is 18.2 Å². The SMILES string of the molecule is CNCC1CCN(C(=O)c2ccc(Cl)c(Cl)c2)C1.Cl. The van der Waals surface area contributed by atoms with Crippen LogP contribution < -0.4 is 5.32 Å². The first-order valence-corrected chi connectivity index (χ1v) is 6.76. The molecular weight excluding hydrogens is 307 g/mol. The summed E-state index contributed by atoms with van der Waals surface area (Å²) in [6.07, 6.45) is 1.05. The van der Waals surface area contributed by atoms with E-state index in [1.54, 1.807) is 18.2 Å². The van der Waals surface area contributed by atoms with Crippen molar-refractivity contribution in [3.63, 3.8) is 0 Å². The van der Waals surface area contributed by atoms with Gasteiger partial charge in [0.05, 0.1) is 10.0 Å². The number of hydrogen-bond donors (Lipinski definition) is 1. The molecule has 0 aliphatic carbocycles. The molecule has 6 heteroatoms. The second-order valence-corrected chi connectivity index (χ2v) is 5.41. The average Bonchev–Trinajstić information content (AvgIpc) is 2.81. The third-order valence-electron chi connectivity index (χ3n) is 3.23. The molecule has 1 amide bonds. The number of carbonyl (C=O) groups excluding carboxylic acids is 1. The smallest absolute Gasteiger partial charge is 0.253 e. The summed E-state index contributed by atoms with van der Waals surface area (Å²) in [4.78, 5) is 14.1. The van der Waals surface area contributed by atoms with Gasteiger partial charge < -0.3 is 10.2 Å². The largest absolute Gasteiger partial charge is 0.338 e. The first-order chi connectivity index (χ1) is 8.61. The van der Waals surface area contributed by atoms with Gasteiger partial charge in [-0.3, -0.25) is 4.79 Å². The Labute approximate surface area is 129 Å². The van der Waals surface area contributed by atoms with Crippen LogP contribution in [0.2, 0.25) is 10.0 Å². The first kappa shape index (κ1) is 16.6. The quantitative estimate of drug-likeness (QED) is 0.927. The lowest BCUT2D eigenvalue weighted by atomic mass is 10.1. The lowest BCUT2D eigenvalue weighted by molar-refractivity contribution is 0.0787.